The Morgan fingerprint density at radius 1 is 1.00 bits per heavy atom. The van der Waals surface area contributed by atoms with Crippen molar-refractivity contribution in [3.8, 4) is 0 Å². The van der Waals surface area contributed by atoms with Gasteiger partial charge in [-0.25, -0.2) is 0 Å². The molecular weight excluding hydrogens is 360 g/mol. The van der Waals surface area contributed by atoms with Crippen LogP contribution in [0.15, 0.2) is 54.6 Å². The molecule has 0 fully saturated rings. The summed E-state index contributed by atoms with van der Waals surface area (Å²) in [6, 6.07) is 17.5. The minimum Gasteiger partial charge on any atom is -0.350 e. The van der Waals surface area contributed by atoms with Gasteiger partial charge in [-0.3, -0.25) is 9.59 Å². The van der Waals surface area contributed by atoms with E-state index in [-0.39, 0.29) is 17.4 Å². The number of nitrogens with one attached hydrogen (secondary N) is 1. The molecule has 2 aromatic carbocycles. The van der Waals surface area contributed by atoms with Gasteiger partial charge in [-0.1, -0.05) is 67.1 Å². The van der Waals surface area contributed by atoms with Crippen LogP contribution in [-0.4, -0.2) is 28.3 Å². The summed E-state index contributed by atoms with van der Waals surface area (Å²) in [6.45, 7) is 10.3. The molecule has 29 heavy (non-hydrogen) atoms. The molecule has 4 nitrogen and oxygen atoms in total. The summed E-state index contributed by atoms with van der Waals surface area (Å²) in [5, 5.41) is 3.08. The van der Waals surface area contributed by atoms with E-state index in [1.54, 1.807) is 4.90 Å². The first-order valence-electron chi connectivity index (χ1n) is 10.4. The van der Waals surface area contributed by atoms with Crippen LogP contribution in [0.25, 0.3) is 0 Å². The maximum absolute atomic E-state index is 13.3. The molecule has 0 radical (unpaired) electrons. The van der Waals surface area contributed by atoms with E-state index in [0.29, 0.717) is 19.4 Å². The second-order valence-electron chi connectivity index (χ2n) is 8.71. The van der Waals surface area contributed by atoms with Gasteiger partial charge in [0.1, 0.15) is 6.04 Å². The van der Waals surface area contributed by atoms with Crippen molar-refractivity contribution < 1.29 is 9.59 Å². The highest BCUT2D eigenvalue weighted by Crippen LogP contribution is 2.18. The highest BCUT2D eigenvalue weighted by Gasteiger charge is 2.31. The first-order chi connectivity index (χ1) is 13.7. The summed E-state index contributed by atoms with van der Waals surface area (Å²) >= 11 is 0. The first kappa shape index (κ1) is 22.7. The molecule has 0 aliphatic heterocycles. The van der Waals surface area contributed by atoms with Crippen molar-refractivity contribution in [2.75, 3.05) is 0 Å². The monoisotopic (exact) mass is 394 g/mol. The maximum atomic E-state index is 13.3. The molecule has 0 aliphatic rings. The van der Waals surface area contributed by atoms with Crippen LogP contribution in [0, 0.1) is 6.92 Å². The summed E-state index contributed by atoms with van der Waals surface area (Å²) in [7, 11) is 0. The molecule has 2 amide bonds. The van der Waals surface area contributed by atoms with Gasteiger partial charge in [-0.2, -0.15) is 0 Å². The predicted octanol–water partition coefficient (Wildman–Crippen LogP) is 4.65. The Labute approximate surface area is 175 Å². The topological polar surface area (TPSA) is 49.4 Å². The van der Waals surface area contributed by atoms with Crippen molar-refractivity contribution in [3.63, 3.8) is 0 Å². The molecule has 4 heteroatoms. The van der Waals surface area contributed by atoms with Crippen molar-refractivity contribution >= 4 is 11.8 Å². The highest BCUT2D eigenvalue weighted by molar-refractivity contribution is 5.88. The number of nitrogens with zero attached hydrogens (tertiary/aromatic N) is 1. The fraction of sp³-hybridized carbons (Fsp3) is 0.440. The lowest BCUT2D eigenvalue weighted by molar-refractivity contribution is -0.142. The van der Waals surface area contributed by atoms with Crippen molar-refractivity contribution in [2.24, 2.45) is 0 Å². The summed E-state index contributed by atoms with van der Waals surface area (Å²) in [5.41, 5.74) is 2.86. The minimum atomic E-state index is -0.559. The van der Waals surface area contributed by atoms with Crippen molar-refractivity contribution in [1.82, 2.24) is 10.2 Å². The molecule has 2 aromatic rings. The van der Waals surface area contributed by atoms with Gasteiger partial charge in [0.25, 0.3) is 0 Å². The Morgan fingerprint density at radius 2 is 1.66 bits per heavy atom. The van der Waals surface area contributed by atoms with Crippen molar-refractivity contribution in [3.05, 3.63) is 71.3 Å². The number of amides is 2. The Bertz CT molecular complexity index is 809. The average molecular weight is 395 g/mol. The SMILES string of the molecule is CCCC(=O)N(Cc1cccc(C)c1)[C@@H](Cc1ccccc1)C(=O)NC(C)(C)C. The molecule has 0 saturated carbocycles. The summed E-state index contributed by atoms with van der Waals surface area (Å²) in [4.78, 5) is 28.1. The highest BCUT2D eigenvalue weighted by atomic mass is 16.2. The minimum absolute atomic E-state index is 0.0130. The lowest BCUT2D eigenvalue weighted by Gasteiger charge is -2.34. The zero-order chi connectivity index (χ0) is 21.4. The molecule has 0 spiro atoms. The van der Waals surface area contributed by atoms with Gasteiger partial charge >= 0.3 is 0 Å². The van der Waals surface area contributed by atoms with Crippen LogP contribution in [0.2, 0.25) is 0 Å². The summed E-state index contributed by atoms with van der Waals surface area (Å²) < 4.78 is 0. The molecule has 0 saturated heterocycles. The average Bonchev–Trinajstić information content (AvgIpc) is 2.64. The number of hydrogen-bond donors (Lipinski definition) is 1. The van der Waals surface area contributed by atoms with Crippen LogP contribution in [-0.2, 0) is 22.6 Å². The van der Waals surface area contributed by atoms with Crippen molar-refractivity contribution in [1.29, 1.82) is 0 Å². The fourth-order valence-electron chi connectivity index (χ4n) is 3.37. The van der Waals surface area contributed by atoms with E-state index in [9.17, 15) is 9.59 Å². The largest absolute Gasteiger partial charge is 0.350 e. The van der Waals surface area contributed by atoms with Gasteiger partial charge in [-0.05, 0) is 45.2 Å². The quantitative estimate of drug-likeness (QED) is 0.708. The molecular formula is C25H34N2O2. The standard InChI is InChI=1S/C25H34N2O2/c1-6-11-23(28)27(18-21-15-10-12-19(2)16-21)22(24(29)26-25(3,4)5)17-20-13-8-7-9-14-20/h7-10,12-16,22H,6,11,17-18H2,1-5H3,(H,26,29)/t22-/m0/s1. The molecule has 2 rings (SSSR count). The third-order valence-corrected chi connectivity index (χ3v) is 4.67. The molecule has 1 atom stereocenters. The van der Waals surface area contributed by atoms with Crippen LogP contribution in [0.1, 0.15) is 57.2 Å². The van der Waals surface area contributed by atoms with Gasteiger partial charge in [0.05, 0.1) is 0 Å². The molecule has 0 unspecified atom stereocenters. The number of rotatable bonds is 8. The molecule has 0 aliphatic carbocycles. The van der Waals surface area contributed by atoms with Crippen LogP contribution in [0.4, 0.5) is 0 Å². The number of carbonyl (C=O) groups excluding carboxylic acids is 2. The summed E-state index contributed by atoms with van der Waals surface area (Å²) in [5.74, 6) is -0.0996. The van der Waals surface area contributed by atoms with Crippen molar-refractivity contribution in [2.45, 2.75) is 72.0 Å². The van der Waals surface area contributed by atoms with Gasteiger partial charge in [-0.15, -0.1) is 0 Å². The molecule has 0 bridgehead atoms. The molecule has 1 N–H and O–H groups in total. The van der Waals surface area contributed by atoms with E-state index < -0.39 is 6.04 Å². The smallest absolute Gasteiger partial charge is 0.243 e. The Balaban J connectivity index is 2.40. The van der Waals surface area contributed by atoms with E-state index in [2.05, 4.69) is 11.4 Å². The van der Waals surface area contributed by atoms with E-state index >= 15 is 0 Å². The van der Waals surface area contributed by atoms with Gasteiger partial charge in [0, 0.05) is 24.9 Å². The summed E-state index contributed by atoms with van der Waals surface area (Å²) in [6.07, 6.45) is 1.67. The zero-order valence-corrected chi connectivity index (χ0v) is 18.4. The maximum Gasteiger partial charge on any atom is 0.243 e. The number of carbonyl (C=O) groups is 2. The van der Waals surface area contributed by atoms with Crippen LogP contribution >= 0.6 is 0 Å². The molecule has 0 aromatic heterocycles. The first-order valence-corrected chi connectivity index (χ1v) is 10.4. The Morgan fingerprint density at radius 3 is 2.24 bits per heavy atom. The van der Waals surface area contributed by atoms with E-state index in [0.717, 1.165) is 23.1 Å². The number of hydrogen-bond acceptors (Lipinski definition) is 2. The van der Waals surface area contributed by atoms with E-state index in [1.165, 1.54) is 0 Å². The lowest BCUT2D eigenvalue weighted by atomic mass is 10.00. The molecule has 0 heterocycles. The van der Waals surface area contributed by atoms with Gasteiger partial charge in [0.2, 0.25) is 11.8 Å². The second kappa shape index (κ2) is 10.2. The van der Waals surface area contributed by atoms with Crippen LogP contribution in [0.5, 0.6) is 0 Å². The Kier molecular flexibility index (Phi) is 8.00. The van der Waals surface area contributed by atoms with Gasteiger partial charge in [0.15, 0.2) is 0 Å². The zero-order valence-electron chi connectivity index (χ0n) is 18.4. The Hall–Kier alpha value is -2.62. The number of benzene rings is 2. The second-order valence-corrected chi connectivity index (χ2v) is 8.71. The lowest BCUT2D eigenvalue weighted by Crippen LogP contribution is -2.54. The third-order valence-electron chi connectivity index (χ3n) is 4.67. The molecule has 156 valence electrons. The third kappa shape index (κ3) is 7.37. The number of aryl methyl sites for hydroxylation is 1. The fourth-order valence-corrected chi connectivity index (χ4v) is 3.37. The van der Waals surface area contributed by atoms with Crippen LogP contribution in [0.3, 0.4) is 0 Å². The van der Waals surface area contributed by atoms with E-state index in [4.69, 9.17) is 0 Å². The predicted molar refractivity (Wildman–Crippen MR) is 118 cm³/mol. The van der Waals surface area contributed by atoms with Gasteiger partial charge < -0.3 is 10.2 Å². The normalized spacial score (nSPS) is 12.3. The van der Waals surface area contributed by atoms with E-state index in [1.807, 2.05) is 83.1 Å². The van der Waals surface area contributed by atoms with Crippen LogP contribution < -0.4 is 5.32 Å².